The first-order chi connectivity index (χ1) is 19.1. The first kappa shape index (κ1) is 30.5. The van der Waals surface area contributed by atoms with Crippen molar-refractivity contribution < 1.29 is 13.6 Å². The highest BCUT2D eigenvalue weighted by molar-refractivity contribution is 8.01. The quantitative estimate of drug-likeness (QED) is 0.229. The Balaban J connectivity index is 0.000000681. The Labute approximate surface area is 242 Å². The maximum atomic E-state index is 14.5. The van der Waals surface area contributed by atoms with Crippen LogP contribution in [0.3, 0.4) is 0 Å². The molecule has 0 atom stereocenters. The molecule has 1 N–H and O–H groups in total. The van der Waals surface area contributed by atoms with Crippen molar-refractivity contribution in [3.05, 3.63) is 34.2 Å². The van der Waals surface area contributed by atoms with Crippen molar-refractivity contribution in [1.82, 2.24) is 34.3 Å². The number of hydrogen-bond donors (Lipinski definition) is 1. The molecule has 3 aliphatic rings. The lowest BCUT2D eigenvalue weighted by atomic mass is 10.1. The van der Waals surface area contributed by atoms with E-state index in [0.717, 1.165) is 75.8 Å². The highest BCUT2D eigenvalue weighted by Crippen LogP contribution is 2.49. The summed E-state index contributed by atoms with van der Waals surface area (Å²) in [6.07, 6.45) is 7.37. The predicted molar refractivity (Wildman–Crippen MR) is 155 cm³/mol. The van der Waals surface area contributed by atoms with Crippen LogP contribution in [0.4, 0.5) is 8.78 Å². The van der Waals surface area contributed by atoms with Crippen LogP contribution in [-0.4, -0.2) is 81.3 Å². The van der Waals surface area contributed by atoms with E-state index in [2.05, 4.69) is 49.4 Å². The third kappa shape index (κ3) is 7.41. The summed E-state index contributed by atoms with van der Waals surface area (Å²) >= 11 is 2.41. The number of carbonyl (C=O) groups is 1. The fraction of sp³-hybridized carbons (Fsp3) is 0.593. The van der Waals surface area contributed by atoms with Crippen molar-refractivity contribution in [2.24, 2.45) is 5.92 Å². The molecule has 0 radical (unpaired) electrons. The molecule has 2 saturated carbocycles. The minimum atomic E-state index is -0.610. The number of nitrogens with one attached hydrogen (secondary N) is 1. The van der Waals surface area contributed by atoms with Gasteiger partial charge in [0.15, 0.2) is 10.8 Å². The molecular weight excluding hydrogens is 554 g/mol. The number of rotatable bonds is 11. The summed E-state index contributed by atoms with van der Waals surface area (Å²) < 4.78 is 32.8. The summed E-state index contributed by atoms with van der Waals surface area (Å²) in [4.78, 5) is 19.0. The fourth-order valence-corrected chi connectivity index (χ4v) is 5.79. The Bertz CT molecular complexity index is 1270. The number of imidazole rings is 1. The summed E-state index contributed by atoms with van der Waals surface area (Å²) in [6, 6.07) is 2.36. The number of alkyl halides is 1. The number of piperazine rings is 1. The van der Waals surface area contributed by atoms with Crippen LogP contribution in [0.25, 0.3) is 17.0 Å². The Morgan fingerprint density at radius 2 is 1.95 bits per heavy atom. The largest absolute Gasteiger partial charge is 0.304 e. The van der Waals surface area contributed by atoms with E-state index in [1.807, 2.05) is 18.4 Å². The van der Waals surface area contributed by atoms with Crippen molar-refractivity contribution in [2.75, 3.05) is 39.9 Å². The van der Waals surface area contributed by atoms with Crippen LogP contribution in [0, 0.1) is 17.2 Å². The van der Waals surface area contributed by atoms with Gasteiger partial charge in [-0.25, -0.2) is 13.8 Å². The molecule has 1 saturated heterocycles. The van der Waals surface area contributed by atoms with E-state index in [-0.39, 0.29) is 10.8 Å². The van der Waals surface area contributed by atoms with Gasteiger partial charge in [-0.3, -0.25) is 14.2 Å². The molecular formula is C27H36F2N8OS2. The second-order valence-corrected chi connectivity index (χ2v) is 12.9. The highest BCUT2D eigenvalue weighted by Gasteiger charge is 2.48. The summed E-state index contributed by atoms with van der Waals surface area (Å²) in [6.45, 7) is 11.1. The van der Waals surface area contributed by atoms with Gasteiger partial charge in [0, 0.05) is 44.8 Å². The molecule has 1 aliphatic heterocycles. The fourth-order valence-electron chi connectivity index (χ4n) is 3.90. The van der Waals surface area contributed by atoms with E-state index in [9.17, 15) is 18.8 Å². The van der Waals surface area contributed by atoms with Gasteiger partial charge in [0.25, 0.3) is 0 Å². The van der Waals surface area contributed by atoms with E-state index in [1.54, 1.807) is 12.4 Å². The number of nitrogens with zero attached hydrogens (tertiary/aromatic N) is 7. The van der Waals surface area contributed by atoms with E-state index < -0.39 is 23.5 Å². The smallest absolute Gasteiger partial charge is 0.183 e. The van der Waals surface area contributed by atoms with Gasteiger partial charge in [-0.05, 0) is 44.7 Å². The number of hydrogen-bond acceptors (Lipinski definition) is 10. The third-order valence-corrected chi connectivity index (χ3v) is 9.32. The zero-order valence-corrected chi connectivity index (χ0v) is 24.8. The van der Waals surface area contributed by atoms with Crippen molar-refractivity contribution in [1.29, 1.82) is 5.26 Å². The van der Waals surface area contributed by atoms with E-state index >= 15 is 0 Å². The summed E-state index contributed by atoms with van der Waals surface area (Å²) in [5.74, 6) is 0.134. The number of aldehydes is 1. The highest BCUT2D eigenvalue weighted by atomic mass is 32.2. The third-order valence-electron chi connectivity index (χ3n) is 7.12. The maximum Gasteiger partial charge on any atom is 0.183 e. The van der Waals surface area contributed by atoms with Gasteiger partial charge < -0.3 is 9.69 Å². The molecule has 3 heterocycles. The second-order valence-electron chi connectivity index (χ2n) is 11.0. The predicted octanol–water partition coefficient (Wildman–Crippen LogP) is 4.57. The van der Waals surface area contributed by atoms with Crippen LogP contribution in [-0.2, 0) is 16.8 Å². The molecule has 2 aliphatic carbocycles. The average molecular weight is 591 g/mol. The van der Waals surface area contributed by atoms with Crippen LogP contribution >= 0.6 is 23.3 Å². The molecule has 0 unspecified atom stereocenters. The topological polar surface area (TPSA) is 103 Å². The van der Waals surface area contributed by atoms with Gasteiger partial charge in [-0.2, -0.15) is 5.26 Å². The number of carbonyl (C=O) groups excluding carboxylic acids is 1. The average Bonchev–Trinajstić information content (AvgIpc) is 3.83. The number of allylic oxidation sites excluding steroid dienone is 1. The number of aromatic nitrogens is 4. The van der Waals surface area contributed by atoms with E-state index in [4.69, 9.17) is 0 Å². The first-order valence-corrected chi connectivity index (χ1v) is 15.0. The molecule has 13 heteroatoms. The lowest BCUT2D eigenvalue weighted by molar-refractivity contribution is -0.110. The molecule has 40 heavy (non-hydrogen) atoms. The molecule has 2 aromatic rings. The molecule has 5 rings (SSSR count). The molecule has 0 amide bonds. The number of halogens is 2. The van der Waals surface area contributed by atoms with Gasteiger partial charge in [0.05, 0.1) is 28.4 Å². The van der Waals surface area contributed by atoms with Crippen LogP contribution < -0.4 is 4.72 Å². The van der Waals surface area contributed by atoms with E-state index in [1.165, 1.54) is 11.3 Å². The number of nitriles is 1. The molecule has 9 nitrogen and oxygen atoms in total. The lowest BCUT2D eigenvalue weighted by Gasteiger charge is -2.32. The van der Waals surface area contributed by atoms with Crippen LogP contribution in [0.15, 0.2) is 23.5 Å². The monoisotopic (exact) mass is 590 g/mol. The SMILES string of the molecule is C=C(F)/C(=C\n1c(CN2CCN(C)CC2)cnc1-c1nnc(C2(C#N)CC2)s1)SNC1(CF)CC1.CC(C)C=O. The summed E-state index contributed by atoms with van der Waals surface area (Å²) in [5.41, 5.74) is -0.229. The summed E-state index contributed by atoms with van der Waals surface area (Å²) in [7, 11) is 2.11. The Hall–Kier alpha value is -2.50. The van der Waals surface area contributed by atoms with Crippen molar-refractivity contribution in [3.8, 4) is 16.9 Å². The first-order valence-electron chi connectivity index (χ1n) is 13.4. The number of likely N-dealkylation sites (N-methyl/N-ethyl adjacent to an activating group) is 1. The molecule has 2 aromatic heterocycles. The zero-order chi connectivity index (χ0) is 28.9. The van der Waals surface area contributed by atoms with Crippen LogP contribution in [0.2, 0.25) is 0 Å². The van der Waals surface area contributed by atoms with Crippen molar-refractivity contribution in [3.63, 3.8) is 0 Å². The van der Waals surface area contributed by atoms with Gasteiger partial charge in [-0.1, -0.05) is 31.8 Å². The van der Waals surface area contributed by atoms with Crippen molar-refractivity contribution in [2.45, 2.75) is 57.0 Å². The Kier molecular flexibility index (Phi) is 9.89. The van der Waals surface area contributed by atoms with Gasteiger partial charge in [-0.15, -0.1) is 10.2 Å². The summed E-state index contributed by atoms with van der Waals surface area (Å²) in [5, 5.41) is 19.4. The van der Waals surface area contributed by atoms with Gasteiger partial charge >= 0.3 is 0 Å². The molecule has 0 spiro atoms. The van der Waals surface area contributed by atoms with Gasteiger partial charge in [0.2, 0.25) is 0 Å². The van der Waals surface area contributed by atoms with Crippen LogP contribution in [0.5, 0.6) is 0 Å². The van der Waals surface area contributed by atoms with Crippen molar-refractivity contribution >= 4 is 35.8 Å². The minimum absolute atomic E-state index is 0.204. The zero-order valence-electron chi connectivity index (χ0n) is 23.2. The van der Waals surface area contributed by atoms with Crippen LogP contribution in [0.1, 0.15) is 50.2 Å². The van der Waals surface area contributed by atoms with Gasteiger partial charge in [0.1, 0.15) is 29.2 Å². The lowest BCUT2D eigenvalue weighted by Crippen LogP contribution is -2.44. The maximum absolute atomic E-state index is 14.5. The molecule has 0 bridgehead atoms. The Morgan fingerprint density at radius 1 is 1.27 bits per heavy atom. The molecule has 0 aromatic carbocycles. The van der Waals surface area contributed by atoms with E-state index in [0.29, 0.717) is 22.4 Å². The minimum Gasteiger partial charge on any atom is -0.304 e. The molecule has 3 fully saturated rings. The standard InChI is InChI=1S/C23H28F2N8S2.C4H8O/c1-16(25)18(35-30-23(14-24)5-6-23)13-33-17(12-32-9-7-31(2)8-10-32)11-27-19(33)20-28-29-21(34-20)22(15-26)3-4-22;1-4(2)3-5/h11,13,30H,1,3-10,12,14H2,2H3;3-4H,1-2H3/b18-13+;. The normalized spacial score (nSPS) is 20.0. The molecule has 216 valence electrons. The second kappa shape index (κ2) is 13.0. The Morgan fingerprint density at radius 3 is 2.48 bits per heavy atom.